The number of hydrogen-bond donors (Lipinski definition) is 0. The van der Waals surface area contributed by atoms with Crippen molar-refractivity contribution in [1.82, 2.24) is 0 Å². The lowest BCUT2D eigenvalue weighted by atomic mass is 10.1. The van der Waals surface area contributed by atoms with Crippen molar-refractivity contribution in [2.45, 2.75) is 117 Å². The van der Waals surface area contributed by atoms with Crippen LogP contribution in [0, 0.1) is 0 Å². The van der Waals surface area contributed by atoms with Gasteiger partial charge in [0.1, 0.15) is 0 Å². The van der Waals surface area contributed by atoms with Gasteiger partial charge >= 0.3 is 0 Å². The molecule has 0 rings (SSSR count). The van der Waals surface area contributed by atoms with Crippen molar-refractivity contribution >= 4 is 12.1 Å². The molecule has 1 amide bonds. The Morgan fingerprint density at radius 3 is 1.79 bits per heavy atom. The third kappa shape index (κ3) is 19.1. The van der Waals surface area contributed by atoms with Crippen molar-refractivity contribution in [3.05, 3.63) is 12.2 Å². The van der Waals surface area contributed by atoms with Crippen molar-refractivity contribution < 1.29 is 4.79 Å². The van der Waals surface area contributed by atoms with E-state index in [2.05, 4.69) is 31.0 Å². The van der Waals surface area contributed by atoms with Crippen molar-refractivity contribution in [2.75, 3.05) is 0 Å². The molecule has 2 heteroatoms. The highest BCUT2D eigenvalue weighted by Gasteiger charge is 1.97. The van der Waals surface area contributed by atoms with Gasteiger partial charge in [0.05, 0.1) is 0 Å². The van der Waals surface area contributed by atoms with E-state index in [1.54, 1.807) is 6.21 Å². The Hall–Kier alpha value is -0.920. The van der Waals surface area contributed by atoms with Gasteiger partial charge in [0.2, 0.25) is 5.91 Å². The van der Waals surface area contributed by atoms with Gasteiger partial charge in [-0.3, -0.25) is 4.79 Å². The third-order valence-corrected chi connectivity index (χ3v) is 4.31. The monoisotopic (exact) mass is 335 g/mol. The first-order valence-corrected chi connectivity index (χ1v) is 10.5. The highest BCUT2D eigenvalue weighted by atomic mass is 16.1. The maximum Gasteiger partial charge on any atom is 0.245 e. The van der Waals surface area contributed by atoms with Gasteiger partial charge in [0, 0.05) is 12.6 Å². The molecule has 0 aromatic rings. The minimum Gasteiger partial charge on any atom is -0.273 e. The number of hydrogen-bond acceptors (Lipinski definition) is 1. The maximum absolute atomic E-state index is 11.4. The minimum atomic E-state index is 0.0566. The van der Waals surface area contributed by atoms with E-state index < -0.39 is 0 Å². The molecular weight excluding hydrogens is 294 g/mol. The second-order valence-corrected chi connectivity index (χ2v) is 6.83. The van der Waals surface area contributed by atoms with E-state index in [-0.39, 0.29) is 5.91 Å². The van der Waals surface area contributed by atoms with Crippen molar-refractivity contribution in [2.24, 2.45) is 4.99 Å². The molecule has 140 valence electrons. The molecule has 24 heavy (non-hydrogen) atoms. The van der Waals surface area contributed by atoms with Gasteiger partial charge in [0.25, 0.3) is 0 Å². The number of rotatable bonds is 17. The molecule has 0 saturated heterocycles. The zero-order valence-corrected chi connectivity index (χ0v) is 16.4. The Morgan fingerprint density at radius 1 is 0.667 bits per heavy atom. The molecule has 0 N–H and O–H groups in total. The van der Waals surface area contributed by atoms with Crippen LogP contribution in [-0.4, -0.2) is 12.1 Å². The summed E-state index contributed by atoms with van der Waals surface area (Å²) < 4.78 is 0. The third-order valence-electron chi connectivity index (χ3n) is 4.31. The number of aliphatic imine (C=N–C) groups is 1. The van der Waals surface area contributed by atoms with Crippen LogP contribution in [0.1, 0.15) is 117 Å². The molecule has 0 aliphatic rings. The van der Waals surface area contributed by atoms with Crippen LogP contribution in [0.15, 0.2) is 17.1 Å². The number of unbranched alkanes of at least 4 members (excludes halogenated alkanes) is 12. The number of amides is 1. The Labute approximate surface area is 151 Å². The van der Waals surface area contributed by atoms with E-state index in [0.717, 1.165) is 25.7 Å². The standard InChI is InChI=1S/C22H41NO/c1-3-5-7-8-9-10-11-12-13-14-15-16-17-18-19-20-22(24)23-21-6-4-2/h12-13,21H,3-11,14-20H2,1-2H3/b13-12-,23-21?. The molecule has 0 aliphatic heterocycles. The summed E-state index contributed by atoms with van der Waals surface area (Å²) in [5, 5.41) is 0. The summed E-state index contributed by atoms with van der Waals surface area (Å²) in [5.41, 5.74) is 0. The molecule has 0 heterocycles. The Morgan fingerprint density at radius 2 is 1.21 bits per heavy atom. The predicted molar refractivity (Wildman–Crippen MR) is 108 cm³/mol. The average Bonchev–Trinajstić information content (AvgIpc) is 2.58. The van der Waals surface area contributed by atoms with E-state index >= 15 is 0 Å². The molecule has 0 bridgehead atoms. The van der Waals surface area contributed by atoms with Gasteiger partial charge in [0.15, 0.2) is 0 Å². The first-order chi connectivity index (χ1) is 11.8. The predicted octanol–water partition coefficient (Wildman–Crippen LogP) is 7.42. The number of nitrogens with zero attached hydrogens (tertiary/aromatic N) is 1. The zero-order valence-electron chi connectivity index (χ0n) is 16.4. The van der Waals surface area contributed by atoms with Gasteiger partial charge in [-0.15, -0.1) is 0 Å². The average molecular weight is 336 g/mol. The van der Waals surface area contributed by atoms with Crippen molar-refractivity contribution in [3.8, 4) is 0 Å². The van der Waals surface area contributed by atoms with Crippen LogP contribution in [0.5, 0.6) is 0 Å². The lowest BCUT2D eigenvalue weighted by molar-refractivity contribution is -0.117. The molecule has 0 saturated carbocycles. The molecule has 0 aromatic heterocycles. The summed E-state index contributed by atoms with van der Waals surface area (Å²) in [6.07, 6.45) is 25.9. The Kier molecular flexibility index (Phi) is 19.4. The van der Waals surface area contributed by atoms with E-state index in [1.807, 2.05) is 0 Å². The zero-order chi connectivity index (χ0) is 17.7. The summed E-state index contributed by atoms with van der Waals surface area (Å²) >= 11 is 0. The first-order valence-electron chi connectivity index (χ1n) is 10.5. The highest BCUT2D eigenvalue weighted by Crippen LogP contribution is 2.10. The van der Waals surface area contributed by atoms with Crippen molar-refractivity contribution in [3.63, 3.8) is 0 Å². The van der Waals surface area contributed by atoms with Gasteiger partial charge in [-0.1, -0.05) is 83.8 Å². The second kappa shape index (κ2) is 20.1. The minimum absolute atomic E-state index is 0.0566. The molecule has 0 radical (unpaired) electrons. The summed E-state index contributed by atoms with van der Waals surface area (Å²) in [6.45, 7) is 4.37. The summed E-state index contributed by atoms with van der Waals surface area (Å²) in [7, 11) is 0. The maximum atomic E-state index is 11.4. The second-order valence-electron chi connectivity index (χ2n) is 6.83. The summed E-state index contributed by atoms with van der Waals surface area (Å²) in [4.78, 5) is 15.4. The first kappa shape index (κ1) is 23.1. The highest BCUT2D eigenvalue weighted by molar-refractivity contribution is 5.84. The summed E-state index contributed by atoms with van der Waals surface area (Å²) in [6, 6.07) is 0. The lowest BCUT2D eigenvalue weighted by Crippen LogP contribution is -1.93. The normalized spacial score (nSPS) is 11.8. The van der Waals surface area contributed by atoms with Gasteiger partial charge in [-0.25, -0.2) is 4.99 Å². The molecule has 0 unspecified atom stereocenters. The van der Waals surface area contributed by atoms with Crippen LogP contribution in [0.25, 0.3) is 0 Å². The molecule has 0 fully saturated rings. The molecule has 0 aromatic carbocycles. The van der Waals surface area contributed by atoms with Crippen LogP contribution in [0.4, 0.5) is 0 Å². The number of allylic oxidation sites excluding steroid dienone is 2. The van der Waals surface area contributed by atoms with E-state index in [1.165, 1.54) is 70.6 Å². The molecular formula is C22H41NO. The summed E-state index contributed by atoms with van der Waals surface area (Å²) in [5.74, 6) is 0.0566. The largest absolute Gasteiger partial charge is 0.273 e. The van der Waals surface area contributed by atoms with E-state index in [4.69, 9.17) is 0 Å². The Balaban J connectivity index is 3.22. The smallest absolute Gasteiger partial charge is 0.245 e. The van der Waals surface area contributed by atoms with Gasteiger partial charge in [-0.2, -0.15) is 0 Å². The van der Waals surface area contributed by atoms with E-state index in [9.17, 15) is 4.79 Å². The molecule has 0 atom stereocenters. The van der Waals surface area contributed by atoms with Crippen molar-refractivity contribution in [1.29, 1.82) is 0 Å². The van der Waals surface area contributed by atoms with E-state index in [0.29, 0.717) is 6.42 Å². The van der Waals surface area contributed by atoms with Gasteiger partial charge < -0.3 is 0 Å². The molecule has 0 spiro atoms. The Bertz CT molecular complexity index is 320. The van der Waals surface area contributed by atoms with Crippen LogP contribution < -0.4 is 0 Å². The SMILES string of the molecule is CCCC=NC(=O)CCCCCCC/C=C\CCCCCCCC. The fourth-order valence-electron chi connectivity index (χ4n) is 2.71. The van der Waals surface area contributed by atoms with Gasteiger partial charge in [-0.05, 0) is 38.5 Å². The van der Waals surface area contributed by atoms with Crippen LogP contribution in [-0.2, 0) is 4.79 Å². The number of carbonyl (C=O) groups excluding carboxylic acids is 1. The molecule has 0 aliphatic carbocycles. The lowest BCUT2D eigenvalue weighted by Gasteiger charge is -1.99. The number of carbonyl (C=O) groups is 1. The van der Waals surface area contributed by atoms with Crippen LogP contribution >= 0.6 is 0 Å². The molecule has 2 nitrogen and oxygen atoms in total. The fourth-order valence-corrected chi connectivity index (χ4v) is 2.71. The fraction of sp³-hybridized carbons (Fsp3) is 0.818. The topological polar surface area (TPSA) is 29.4 Å². The van der Waals surface area contributed by atoms with Crippen LogP contribution in [0.2, 0.25) is 0 Å². The van der Waals surface area contributed by atoms with Crippen LogP contribution in [0.3, 0.4) is 0 Å². The quantitative estimate of drug-likeness (QED) is 0.154.